The number of carbonyl (C=O) groups excluding carboxylic acids is 1. The minimum atomic E-state index is -0.342. The molecule has 0 fully saturated rings. The summed E-state index contributed by atoms with van der Waals surface area (Å²) in [4.78, 5) is 11.8. The van der Waals surface area contributed by atoms with Crippen molar-refractivity contribution in [2.75, 3.05) is 0 Å². The monoisotopic (exact) mass is 292 g/mol. The van der Waals surface area contributed by atoms with Gasteiger partial charge in [-0.3, -0.25) is 4.79 Å². The fourth-order valence-electron chi connectivity index (χ4n) is 1.41. The first kappa shape index (κ1) is 13.6. The molecular weight excluding hydrogens is 283 g/mol. The highest BCUT2D eigenvalue weighted by molar-refractivity contribution is 6.42. The molecule has 0 bridgehead atoms. The van der Waals surface area contributed by atoms with Gasteiger partial charge >= 0.3 is 0 Å². The van der Waals surface area contributed by atoms with Crippen LogP contribution >= 0.6 is 23.2 Å². The van der Waals surface area contributed by atoms with Crippen LogP contribution in [0.4, 0.5) is 0 Å². The minimum Gasteiger partial charge on any atom is -0.267 e. The van der Waals surface area contributed by atoms with Crippen molar-refractivity contribution in [3.8, 4) is 0 Å². The molecule has 0 aliphatic heterocycles. The number of halogens is 2. The molecule has 19 heavy (non-hydrogen) atoms. The Kier molecular flexibility index (Phi) is 4.55. The largest absolute Gasteiger partial charge is 0.271 e. The molecule has 0 spiro atoms. The number of benzene rings is 2. The summed E-state index contributed by atoms with van der Waals surface area (Å²) >= 11 is 11.6. The van der Waals surface area contributed by atoms with E-state index < -0.39 is 0 Å². The molecule has 0 saturated heterocycles. The first-order chi connectivity index (χ1) is 9.16. The number of carbonyl (C=O) groups is 1. The van der Waals surface area contributed by atoms with Gasteiger partial charge in [0.1, 0.15) is 0 Å². The van der Waals surface area contributed by atoms with Gasteiger partial charge in [0.05, 0.1) is 16.3 Å². The van der Waals surface area contributed by atoms with Crippen molar-refractivity contribution in [3.63, 3.8) is 0 Å². The maximum Gasteiger partial charge on any atom is 0.271 e. The van der Waals surface area contributed by atoms with Crippen molar-refractivity contribution in [1.29, 1.82) is 0 Å². The molecule has 0 aliphatic carbocycles. The molecule has 0 atom stereocenters. The van der Waals surface area contributed by atoms with Gasteiger partial charge < -0.3 is 0 Å². The van der Waals surface area contributed by atoms with Crippen LogP contribution < -0.4 is 5.43 Å². The van der Waals surface area contributed by atoms with Gasteiger partial charge in [0, 0.05) is 5.56 Å². The van der Waals surface area contributed by atoms with Crippen LogP contribution in [0.3, 0.4) is 0 Å². The van der Waals surface area contributed by atoms with Gasteiger partial charge in [0.15, 0.2) is 0 Å². The molecule has 2 aromatic carbocycles. The fourth-order valence-corrected chi connectivity index (χ4v) is 1.70. The molecule has 5 heteroatoms. The summed E-state index contributed by atoms with van der Waals surface area (Å²) in [5.74, 6) is -0.342. The lowest BCUT2D eigenvalue weighted by molar-refractivity contribution is 0.0955. The Labute approximate surface area is 120 Å². The van der Waals surface area contributed by atoms with Crippen LogP contribution in [0.25, 0.3) is 0 Å². The summed E-state index contributed by atoms with van der Waals surface area (Å²) in [5.41, 5.74) is 3.73. The molecule has 96 valence electrons. The number of hydrazone groups is 1. The first-order valence-corrected chi connectivity index (χ1v) is 6.26. The number of rotatable bonds is 3. The van der Waals surface area contributed by atoms with Crippen LogP contribution in [0.2, 0.25) is 10.0 Å². The second-order valence-corrected chi connectivity index (χ2v) is 4.55. The number of hydrogen-bond donors (Lipinski definition) is 1. The summed E-state index contributed by atoms with van der Waals surface area (Å²) in [5, 5.41) is 4.61. The average Bonchev–Trinajstić information content (AvgIpc) is 2.43. The number of nitrogens with one attached hydrogen (secondary N) is 1. The summed E-state index contributed by atoms with van der Waals surface area (Å²) in [6, 6.07) is 14.1. The van der Waals surface area contributed by atoms with Crippen molar-refractivity contribution in [2.24, 2.45) is 5.10 Å². The predicted molar refractivity (Wildman–Crippen MR) is 78.0 cm³/mol. The molecule has 1 N–H and O–H groups in total. The number of nitrogens with zero attached hydrogens (tertiary/aromatic N) is 1. The molecule has 3 nitrogen and oxygen atoms in total. The Bertz CT molecular complexity index is 612. The van der Waals surface area contributed by atoms with Gasteiger partial charge in [-0.15, -0.1) is 0 Å². The van der Waals surface area contributed by atoms with Crippen LogP contribution in [0.1, 0.15) is 15.9 Å². The molecule has 0 saturated carbocycles. The van der Waals surface area contributed by atoms with E-state index in [1.54, 1.807) is 18.3 Å². The van der Waals surface area contributed by atoms with Gasteiger partial charge in [-0.05, 0) is 23.8 Å². The Morgan fingerprint density at radius 2 is 1.79 bits per heavy atom. The zero-order valence-electron chi connectivity index (χ0n) is 9.81. The van der Waals surface area contributed by atoms with Crippen LogP contribution in [0.5, 0.6) is 0 Å². The van der Waals surface area contributed by atoms with E-state index in [0.717, 1.165) is 5.56 Å². The first-order valence-electron chi connectivity index (χ1n) is 5.50. The third kappa shape index (κ3) is 3.81. The van der Waals surface area contributed by atoms with Crippen molar-refractivity contribution in [1.82, 2.24) is 5.43 Å². The van der Waals surface area contributed by atoms with E-state index in [4.69, 9.17) is 23.2 Å². The standard InChI is InChI=1S/C14H10Cl2N2O/c15-12-7-6-11(8-13(12)16)14(19)18-17-9-10-4-2-1-3-5-10/h1-9H,(H,18,19)/b17-9-. The molecule has 1 amide bonds. The number of amides is 1. The Balaban J connectivity index is 2.01. The highest BCUT2D eigenvalue weighted by Gasteiger charge is 2.06. The topological polar surface area (TPSA) is 41.5 Å². The SMILES string of the molecule is O=C(N/N=C\c1ccccc1)c1ccc(Cl)c(Cl)c1. The quantitative estimate of drug-likeness (QED) is 0.679. The average molecular weight is 293 g/mol. The Morgan fingerprint density at radius 3 is 2.47 bits per heavy atom. The lowest BCUT2D eigenvalue weighted by Crippen LogP contribution is -2.17. The van der Waals surface area contributed by atoms with Crippen LogP contribution in [-0.2, 0) is 0 Å². The zero-order valence-corrected chi connectivity index (χ0v) is 11.3. The van der Waals surface area contributed by atoms with Gasteiger partial charge in [-0.25, -0.2) is 5.43 Å². The fraction of sp³-hybridized carbons (Fsp3) is 0. The van der Waals surface area contributed by atoms with Crippen LogP contribution in [-0.4, -0.2) is 12.1 Å². The molecule has 0 aromatic heterocycles. The summed E-state index contributed by atoms with van der Waals surface area (Å²) in [7, 11) is 0. The molecule has 0 heterocycles. The third-order valence-corrected chi connectivity index (χ3v) is 3.10. The molecule has 0 unspecified atom stereocenters. The smallest absolute Gasteiger partial charge is 0.267 e. The normalized spacial score (nSPS) is 10.6. The summed E-state index contributed by atoms with van der Waals surface area (Å²) < 4.78 is 0. The zero-order chi connectivity index (χ0) is 13.7. The second-order valence-electron chi connectivity index (χ2n) is 3.74. The van der Waals surface area contributed by atoms with E-state index in [0.29, 0.717) is 15.6 Å². The maximum atomic E-state index is 11.8. The van der Waals surface area contributed by atoms with E-state index in [1.807, 2.05) is 30.3 Å². The van der Waals surface area contributed by atoms with E-state index in [9.17, 15) is 4.79 Å². The maximum absolute atomic E-state index is 11.8. The summed E-state index contributed by atoms with van der Waals surface area (Å²) in [6.07, 6.45) is 1.56. The lowest BCUT2D eigenvalue weighted by atomic mass is 10.2. The van der Waals surface area contributed by atoms with Crippen molar-refractivity contribution < 1.29 is 4.79 Å². The highest BCUT2D eigenvalue weighted by atomic mass is 35.5. The van der Waals surface area contributed by atoms with E-state index in [-0.39, 0.29) is 5.91 Å². The Morgan fingerprint density at radius 1 is 1.05 bits per heavy atom. The van der Waals surface area contributed by atoms with Crippen molar-refractivity contribution in [2.45, 2.75) is 0 Å². The Hall–Kier alpha value is -1.84. The number of hydrogen-bond acceptors (Lipinski definition) is 2. The summed E-state index contributed by atoms with van der Waals surface area (Å²) in [6.45, 7) is 0. The van der Waals surface area contributed by atoms with E-state index in [1.165, 1.54) is 6.07 Å². The van der Waals surface area contributed by atoms with Crippen molar-refractivity contribution >= 4 is 35.3 Å². The van der Waals surface area contributed by atoms with Gasteiger partial charge in [-0.1, -0.05) is 53.5 Å². The highest BCUT2D eigenvalue weighted by Crippen LogP contribution is 2.22. The minimum absolute atomic E-state index is 0.335. The molecule has 2 rings (SSSR count). The van der Waals surface area contributed by atoms with E-state index >= 15 is 0 Å². The second kappa shape index (κ2) is 6.36. The van der Waals surface area contributed by atoms with Gasteiger partial charge in [-0.2, -0.15) is 5.10 Å². The van der Waals surface area contributed by atoms with Crippen LogP contribution in [0.15, 0.2) is 53.6 Å². The third-order valence-electron chi connectivity index (χ3n) is 2.36. The lowest BCUT2D eigenvalue weighted by Gasteiger charge is -2.01. The molecule has 0 radical (unpaired) electrons. The van der Waals surface area contributed by atoms with Gasteiger partial charge in [0.25, 0.3) is 5.91 Å². The molecule has 0 aliphatic rings. The predicted octanol–water partition coefficient (Wildman–Crippen LogP) is 3.76. The van der Waals surface area contributed by atoms with Crippen molar-refractivity contribution in [3.05, 3.63) is 69.7 Å². The van der Waals surface area contributed by atoms with Crippen LogP contribution in [0, 0.1) is 0 Å². The van der Waals surface area contributed by atoms with E-state index in [2.05, 4.69) is 10.5 Å². The molecule has 2 aromatic rings. The van der Waals surface area contributed by atoms with Gasteiger partial charge in [0.2, 0.25) is 0 Å². The molecular formula is C14H10Cl2N2O.